The molecule has 6 heteroatoms. The van der Waals surface area contributed by atoms with Crippen LogP contribution in [0.25, 0.3) is 11.0 Å². The average molecular weight is 355 g/mol. The van der Waals surface area contributed by atoms with Crippen LogP contribution in [0, 0.1) is 0 Å². The number of fused-ring (bicyclic) bond motifs is 1. The van der Waals surface area contributed by atoms with Gasteiger partial charge in [0.1, 0.15) is 5.58 Å². The molecule has 0 radical (unpaired) electrons. The van der Waals surface area contributed by atoms with E-state index in [9.17, 15) is 9.59 Å². The zero-order valence-corrected chi connectivity index (χ0v) is 14.9. The van der Waals surface area contributed by atoms with E-state index in [1.165, 1.54) is 19.3 Å². The third kappa shape index (κ3) is 3.54. The van der Waals surface area contributed by atoms with Gasteiger partial charge in [-0.2, -0.15) is 0 Å². The van der Waals surface area contributed by atoms with Crippen LogP contribution in [0.2, 0.25) is 0 Å². The first kappa shape index (κ1) is 16.9. The zero-order chi connectivity index (χ0) is 17.9. The lowest BCUT2D eigenvalue weighted by atomic mass is 9.96. The molecular weight excluding hydrogens is 330 g/mol. The van der Waals surface area contributed by atoms with E-state index in [0.717, 1.165) is 23.8 Å². The molecule has 1 aliphatic carbocycles. The van der Waals surface area contributed by atoms with Gasteiger partial charge in [-0.1, -0.05) is 37.5 Å². The van der Waals surface area contributed by atoms with E-state index >= 15 is 0 Å². The summed E-state index contributed by atoms with van der Waals surface area (Å²) in [5.41, 5.74) is 0.723. The van der Waals surface area contributed by atoms with E-state index in [-0.39, 0.29) is 11.9 Å². The van der Waals surface area contributed by atoms with Crippen LogP contribution in [-0.2, 0) is 0 Å². The summed E-state index contributed by atoms with van der Waals surface area (Å²) < 4.78 is 5.67. The Bertz CT molecular complexity index is 753. The molecule has 1 saturated carbocycles. The van der Waals surface area contributed by atoms with Gasteiger partial charge in [0.25, 0.3) is 5.91 Å². The molecule has 26 heavy (non-hydrogen) atoms. The maximum Gasteiger partial charge on any atom is 0.317 e. The van der Waals surface area contributed by atoms with E-state index in [2.05, 4.69) is 5.32 Å². The Morgan fingerprint density at radius 2 is 1.65 bits per heavy atom. The van der Waals surface area contributed by atoms with Crippen LogP contribution in [0.5, 0.6) is 0 Å². The maximum absolute atomic E-state index is 12.7. The van der Waals surface area contributed by atoms with Gasteiger partial charge >= 0.3 is 6.03 Å². The molecule has 138 valence electrons. The highest BCUT2D eigenvalue weighted by Crippen LogP contribution is 2.21. The number of piperazine rings is 1. The standard InChI is InChI=1S/C20H25N3O3/c24-19(18-14-15-6-4-5-9-17(15)26-18)22-10-12-23(13-11-22)20(25)21-16-7-2-1-3-8-16/h4-6,9,14,16H,1-3,7-8,10-13H2,(H,21,25). The molecule has 4 rings (SSSR count). The molecule has 2 aliphatic rings. The monoisotopic (exact) mass is 355 g/mol. The van der Waals surface area contributed by atoms with Gasteiger partial charge in [0.2, 0.25) is 0 Å². The second-order valence-electron chi connectivity index (χ2n) is 7.21. The molecule has 2 heterocycles. The Labute approximate surface area is 153 Å². The Kier molecular flexibility index (Phi) is 4.82. The number of amides is 3. The molecule has 3 amide bonds. The fourth-order valence-corrected chi connectivity index (χ4v) is 3.87. The topological polar surface area (TPSA) is 65.8 Å². The highest BCUT2D eigenvalue weighted by atomic mass is 16.3. The number of nitrogens with zero attached hydrogens (tertiary/aromatic N) is 2. The second-order valence-corrected chi connectivity index (χ2v) is 7.21. The number of furan rings is 1. The Morgan fingerprint density at radius 3 is 2.38 bits per heavy atom. The van der Waals surface area contributed by atoms with E-state index in [1.54, 1.807) is 11.0 Å². The molecule has 2 fully saturated rings. The number of para-hydroxylation sites is 1. The van der Waals surface area contributed by atoms with Gasteiger partial charge in [-0.25, -0.2) is 4.79 Å². The SMILES string of the molecule is O=C(NC1CCCCC1)N1CCN(C(=O)c2cc3ccccc3o2)CC1. The lowest BCUT2D eigenvalue weighted by molar-refractivity contribution is 0.0634. The van der Waals surface area contributed by atoms with Crippen molar-refractivity contribution in [2.75, 3.05) is 26.2 Å². The van der Waals surface area contributed by atoms with Gasteiger partial charge in [0, 0.05) is 37.6 Å². The summed E-state index contributed by atoms with van der Waals surface area (Å²) >= 11 is 0. The number of hydrogen-bond donors (Lipinski definition) is 1. The van der Waals surface area contributed by atoms with Crippen molar-refractivity contribution in [3.63, 3.8) is 0 Å². The molecule has 1 saturated heterocycles. The van der Waals surface area contributed by atoms with Gasteiger partial charge < -0.3 is 19.5 Å². The molecule has 0 atom stereocenters. The van der Waals surface area contributed by atoms with Crippen LogP contribution in [0.3, 0.4) is 0 Å². The molecule has 1 aliphatic heterocycles. The fourth-order valence-electron chi connectivity index (χ4n) is 3.87. The average Bonchev–Trinajstić information content (AvgIpc) is 3.12. The van der Waals surface area contributed by atoms with Crippen LogP contribution in [0.15, 0.2) is 34.7 Å². The van der Waals surface area contributed by atoms with E-state index in [4.69, 9.17) is 4.42 Å². The van der Waals surface area contributed by atoms with Crippen molar-refractivity contribution >= 4 is 22.9 Å². The summed E-state index contributed by atoms with van der Waals surface area (Å²) in [6.45, 7) is 2.19. The van der Waals surface area contributed by atoms with Gasteiger partial charge in [-0.15, -0.1) is 0 Å². The van der Waals surface area contributed by atoms with Crippen LogP contribution in [0.1, 0.15) is 42.7 Å². The molecule has 0 bridgehead atoms. The molecule has 1 N–H and O–H groups in total. The maximum atomic E-state index is 12.7. The third-order valence-corrected chi connectivity index (χ3v) is 5.42. The first-order valence-corrected chi connectivity index (χ1v) is 9.54. The van der Waals surface area contributed by atoms with Crippen molar-refractivity contribution in [3.8, 4) is 0 Å². The second kappa shape index (κ2) is 7.40. The Morgan fingerprint density at radius 1 is 0.962 bits per heavy atom. The van der Waals surface area contributed by atoms with Crippen molar-refractivity contribution in [2.45, 2.75) is 38.1 Å². The molecule has 0 unspecified atom stereocenters. The van der Waals surface area contributed by atoms with Crippen LogP contribution in [0.4, 0.5) is 4.79 Å². The largest absolute Gasteiger partial charge is 0.451 e. The number of carbonyl (C=O) groups is 2. The van der Waals surface area contributed by atoms with Crippen LogP contribution in [-0.4, -0.2) is 54.0 Å². The minimum Gasteiger partial charge on any atom is -0.451 e. The molecule has 2 aromatic rings. The fraction of sp³-hybridized carbons (Fsp3) is 0.500. The predicted molar refractivity (Wildman–Crippen MR) is 99.1 cm³/mol. The van der Waals surface area contributed by atoms with Gasteiger partial charge in [0.05, 0.1) is 0 Å². The van der Waals surface area contributed by atoms with Crippen LogP contribution >= 0.6 is 0 Å². The van der Waals surface area contributed by atoms with E-state index in [0.29, 0.717) is 38.0 Å². The summed E-state index contributed by atoms with van der Waals surface area (Å²) in [5.74, 6) is 0.264. The number of benzene rings is 1. The summed E-state index contributed by atoms with van der Waals surface area (Å²) in [6, 6.07) is 9.72. The smallest absolute Gasteiger partial charge is 0.317 e. The molecule has 1 aromatic heterocycles. The molecule has 1 aromatic carbocycles. The van der Waals surface area contributed by atoms with Gasteiger partial charge in [-0.3, -0.25) is 4.79 Å². The van der Waals surface area contributed by atoms with Gasteiger partial charge in [0.15, 0.2) is 5.76 Å². The van der Waals surface area contributed by atoms with E-state index < -0.39 is 0 Å². The number of hydrogen-bond acceptors (Lipinski definition) is 3. The summed E-state index contributed by atoms with van der Waals surface area (Å²) in [5, 5.41) is 4.08. The highest BCUT2D eigenvalue weighted by molar-refractivity contribution is 5.96. The van der Waals surface area contributed by atoms with E-state index in [1.807, 2.05) is 29.2 Å². The lowest BCUT2D eigenvalue weighted by Gasteiger charge is -2.35. The lowest BCUT2D eigenvalue weighted by Crippen LogP contribution is -2.54. The molecular formula is C20H25N3O3. The normalized spacial score (nSPS) is 18.9. The van der Waals surface area contributed by atoms with Gasteiger partial charge in [-0.05, 0) is 25.0 Å². The van der Waals surface area contributed by atoms with Crippen molar-refractivity contribution in [1.29, 1.82) is 0 Å². The number of carbonyl (C=O) groups excluding carboxylic acids is 2. The first-order chi connectivity index (χ1) is 12.7. The number of nitrogens with one attached hydrogen (secondary N) is 1. The Hall–Kier alpha value is -2.50. The van der Waals surface area contributed by atoms with Crippen LogP contribution < -0.4 is 5.32 Å². The van der Waals surface area contributed by atoms with Crippen molar-refractivity contribution in [2.24, 2.45) is 0 Å². The summed E-state index contributed by atoms with van der Waals surface area (Å²) in [4.78, 5) is 28.7. The molecule has 6 nitrogen and oxygen atoms in total. The quantitative estimate of drug-likeness (QED) is 0.899. The van der Waals surface area contributed by atoms with Crippen molar-refractivity contribution in [3.05, 3.63) is 36.1 Å². The molecule has 0 spiro atoms. The van der Waals surface area contributed by atoms with Crippen molar-refractivity contribution in [1.82, 2.24) is 15.1 Å². The number of rotatable bonds is 2. The third-order valence-electron chi connectivity index (χ3n) is 5.42. The number of urea groups is 1. The first-order valence-electron chi connectivity index (χ1n) is 9.54. The summed E-state index contributed by atoms with van der Waals surface area (Å²) in [7, 11) is 0. The minimum atomic E-state index is -0.103. The summed E-state index contributed by atoms with van der Waals surface area (Å²) in [6.07, 6.45) is 5.83. The highest BCUT2D eigenvalue weighted by Gasteiger charge is 2.27. The Balaban J connectivity index is 1.32. The predicted octanol–water partition coefficient (Wildman–Crippen LogP) is 3.23. The minimum absolute atomic E-state index is 0.00716. The van der Waals surface area contributed by atoms with Crippen molar-refractivity contribution < 1.29 is 14.0 Å². The zero-order valence-electron chi connectivity index (χ0n) is 14.9.